The van der Waals surface area contributed by atoms with Crippen molar-refractivity contribution in [3.63, 3.8) is 0 Å². The summed E-state index contributed by atoms with van der Waals surface area (Å²) >= 11 is -0.871. The molecule has 1 saturated heterocycles. The molecule has 1 aliphatic heterocycles. The molecule has 0 bridgehead atoms. The number of rotatable bonds is 6. The smallest absolute Gasteiger partial charge is 0.152 e. The zero-order chi connectivity index (χ0) is 14.7. The second-order valence-electron chi connectivity index (χ2n) is 6.50. The average molecular weight is 306 g/mol. The highest BCUT2D eigenvalue weighted by molar-refractivity contribution is 7.90. The van der Waals surface area contributed by atoms with E-state index in [0.717, 1.165) is 23.4 Å². The summed E-state index contributed by atoms with van der Waals surface area (Å²) in [5.74, 6) is 0.867. The molecule has 3 nitrogen and oxygen atoms in total. The lowest BCUT2D eigenvalue weighted by Crippen LogP contribution is -2.37. The monoisotopic (exact) mass is 306 g/mol. The lowest BCUT2D eigenvalue weighted by atomic mass is 9.96. The van der Waals surface area contributed by atoms with Gasteiger partial charge in [-0.1, -0.05) is 12.1 Å². The van der Waals surface area contributed by atoms with Gasteiger partial charge in [-0.15, -0.1) is 0 Å². The minimum Gasteiger partial charge on any atom is -0.612 e. The Hall–Kier alpha value is -0.550. The molecule has 3 rings (SSSR count). The van der Waals surface area contributed by atoms with Crippen molar-refractivity contribution in [2.75, 3.05) is 25.9 Å². The van der Waals surface area contributed by atoms with E-state index in [1.807, 2.05) is 12.1 Å². The van der Waals surface area contributed by atoms with Crippen molar-refractivity contribution >= 4 is 11.2 Å². The summed E-state index contributed by atoms with van der Waals surface area (Å²) in [4.78, 5) is 3.47. The SMILES string of the molecule is C[S+]([O-])c1ccc(CN2CCC(CNC3CC3)CC2)cc1. The Morgan fingerprint density at radius 3 is 2.38 bits per heavy atom. The van der Waals surface area contributed by atoms with E-state index in [2.05, 4.69) is 22.3 Å². The van der Waals surface area contributed by atoms with Crippen LogP contribution in [0.15, 0.2) is 29.2 Å². The Morgan fingerprint density at radius 2 is 1.81 bits per heavy atom. The van der Waals surface area contributed by atoms with E-state index < -0.39 is 11.2 Å². The number of nitrogens with zero attached hydrogens (tertiary/aromatic N) is 1. The first-order valence-electron chi connectivity index (χ1n) is 8.09. The number of nitrogens with one attached hydrogen (secondary N) is 1. The maximum absolute atomic E-state index is 11.4. The maximum atomic E-state index is 11.4. The highest BCUT2D eigenvalue weighted by Gasteiger charge is 2.24. The highest BCUT2D eigenvalue weighted by atomic mass is 32.2. The third-order valence-corrected chi connectivity index (χ3v) is 5.58. The first-order chi connectivity index (χ1) is 10.2. The molecule has 0 aromatic heterocycles. The minimum atomic E-state index is -0.871. The molecule has 1 aromatic rings. The summed E-state index contributed by atoms with van der Waals surface area (Å²) in [5.41, 5.74) is 1.33. The molecule has 21 heavy (non-hydrogen) atoms. The fourth-order valence-corrected chi connectivity index (χ4v) is 3.53. The Balaban J connectivity index is 1.41. The van der Waals surface area contributed by atoms with Crippen molar-refractivity contribution < 1.29 is 4.55 Å². The summed E-state index contributed by atoms with van der Waals surface area (Å²) in [6.07, 6.45) is 7.14. The second kappa shape index (κ2) is 7.14. The molecule has 1 heterocycles. The molecule has 1 aliphatic carbocycles. The van der Waals surface area contributed by atoms with Gasteiger partial charge < -0.3 is 9.87 Å². The van der Waals surface area contributed by atoms with Gasteiger partial charge in [0, 0.05) is 12.6 Å². The van der Waals surface area contributed by atoms with Gasteiger partial charge in [-0.05, 0) is 80.1 Å². The molecule has 1 N–H and O–H groups in total. The van der Waals surface area contributed by atoms with Crippen LogP contribution >= 0.6 is 0 Å². The first kappa shape index (κ1) is 15.3. The second-order valence-corrected chi connectivity index (χ2v) is 7.88. The van der Waals surface area contributed by atoms with E-state index in [-0.39, 0.29) is 0 Å². The number of hydrogen-bond donors (Lipinski definition) is 1. The number of piperidine rings is 1. The third kappa shape index (κ3) is 4.71. The van der Waals surface area contributed by atoms with Gasteiger partial charge in [0.2, 0.25) is 0 Å². The Morgan fingerprint density at radius 1 is 1.14 bits per heavy atom. The number of benzene rings is 1. The fraction of sp³-hybridized carbons (Fsp3) is 0.647. The average Bonchev–Trinajstić information content (AvgIpc) is 3.31. The molecule has 1 aromatic carbocycles. The van der Waals surface area contributed by atoms with Gasteiger partial charge >= 0.3 is 0 Å². The van der Waals surface area contributed by atoms with Crippen LogP contribution in [0.25, 0.3) is 0 Å². The van der Waals surface area contributed by atoms with Crippen molar-refractivity contribution in [3.8, 4) is 0 Å². The Bertz CT molecular complexity index is 437. The quantitative estimate of drug-likeness (QED) is 0.820. The van der Waals surface area contributed by atoms with Gasteiger partial charge in [0.25, 0.3) is 0 Å². The third-order valence-electron chi connectivity index (χ3n) is 4.64. The van der Waals surface area contributed by atoms with Crippen LogP contribution < -0.4 is 5.32 Å². The van der Waals surface area contributed by atoms with Crippen molar-refractivity contribution in [1.29, 1.82) is 0 Å². The fourth-order valence-electron chi connectivity index (χ4n) is 3.01. The number of likely N-dealkylation sites (tertiary alicyclic amines) is 1. The van der Waals surface area contributed by atoms with Gasteiger partial charge in [-0.3, -0.25) is 4.90 Å². The van der Waals surface area contributed by atoms with Gasteiger partial charge in [0.1, 0.15) is 6.26 Å². The van der Waals surface area contributed by atoms with Crippen LogP contribution in [-0.4, -0.2) is 41.4 Å². The predicted molar refractivity (Wildman–Crippen MR) is 87.8 cm³/mol. The summed E-state index contributed by atoms with van der Waals surface area (Å²) in [6.45, 7) is 4.66. The highest BCUT2D eigenvalue weighted by Crippen LogP contribution is 2.22. The maximum Gasteiger partial charge on any atom is 0.152 e. The van der Waals surface area contributed by atoms with Crippen molar-refractivity contribution in [3.05, 3.63) is 29.8 Å². The Kier molecular flexibility index (Phi) is 5.22. The van der Waals surface area contributed by atoms with Crippen LogP contribution in [0.2, 0.25) is 0 Å². The normalized spacial score (nSPS) is 22.4. The predicted octanol–water partition coefficient (Wildman–Crippen LogP) is 2.39. The van der Waals surface area contributed by atoms with Crippen LogP contribution in [0, 0.1) is 5.92 Å². The van der Waals surface area contributed by atoms with Crippen molar-refractivity contribution in [1.82, 2.24) is 10.2 Å². The summed E-state index contributed by atoms with van der Waals surface area (Å²) in [6, 6.07) is 9.08. The van der Waals surface area contributed by atoms with Crippen LogP contribution in [0.1, 0.15) is 31.2 Å². The largest absolute Gasteiger partial charge is 0.612 e. The van der Waals surface area contributed by atoms with Gasteiger partial charge in [-0.25, -0.2) is 0 Å². The first-order valence-corrected chi connectivity index (χ1v) is 9.64. The summed E-state index contributed by atoms with van der Waals surface area (Å²) < 4.78 is 11.4. The molecule has 0 spiro atoms. The topological polar surface area (TPSA) is 38.3 Å². The lowest BCUT2D eigenvalue weighted by molar-refractivity contribution is 0.175. The zero-order valence-corrected chi connectivity index (χ0v) is 13.7. The Labute approximate surface area is 131 Å². The standard InChI is InChI=1S/C17H26N2OS/c1-21(20)17-6-2-15(3-7-17)13-19-10-8-14(9-11-19)12-18-16-4-5-16/h2-3,6-7,14,16,18H,4-5,8-13H2,1H3. The van der Waals surface area contributed by atoms with Gasteiger partial charge in [-0.2, -0.15) is 0 Å². The van der Waals surface area contributed by atoms with Crippen LogP contribution in [-0.2, 0) is 17.7 Å². The molecule has 2 fully saturated rings. The van der Waals surface area contributed by atoms with E-state index in [9.17, 15) is 4.55 Å². The molecule has 0 radical (unpaired) electrons. The lowest BCUT2D eigenvalue weighted by Gasteiger charge is -2.32. The van der Waals surface area contributed by atoms with Crippen LogP contribution in [0.3, 0.4) is 0 Å². The summed E-state index contributed by atoms with van der Waals surface area (Å²) in [5, 5.41) is 3.66. The van der Waals surface area contributed by atoms with Gasteiger partial charge in [0.05, 0.1) is 0 Å². The molecule has 1 unspecified atom stereocenters. The molecular weight excluding hydrogens is 280 g/mol. The molecule has 1 atom stereocenters. The van der Waals surface area contributed by atoms with Crippen LogP contribution in [0.5, 0.6) is 0 Å². The van der Waals surface area contributed by atoms with E-state index in [4.69, 9.17) is 0 Å². The van der Waals surface area contributed by atoms with Crippen molar-refractivity contribution in [2.24, 2.45) is 5.92 Å². The van der Waals surface area contributed by atoms with Gasteiger partial charge in [0.15, 0.2) is 4.90 Å². The van der Waals surface area contributed by atoms with E-state index in [1.54, 1.807) is 6.26 Å². The summed E-state index contributed by atoms with van der Waals surface area (Å²) in [7, 11) is 0. The molecular formula is C17H26N2OS. The van der Waals surface area contributed by atoms with E-state index in [0.29, 0.717) is 0 Å². The molecule has 0 amide bonds. The van der Waals surface area contributed by atoms with E-state index >= 15 is 0 Å². The molecule has 116 valence electrons. The van der Waals surface area contributed by atoms with Crippen LogP contribution in [0.4, 0.5) is 0 Å². The minimum absolute atomic E-state index is 0.839. The molecule has 2 aliphatic rings. The van der Waals surface area contributed by atoms with E-state index in [1.165, 1.54) is 50.9 Å². The zero-order valence-electron chi connectivity index (χ0n) is 12.9. The van der Waals surface area contributed by atoms with Crippen molar-refractivity contribution in [2.45, 2.75) is 43.2 Å². The number of hydrogen-bond acceptors (Lipinski definition) is 3. The molecule has 1 saturated carbocycles. The molecule has 4 heteroatoms.